The molecule has 7 nitrogen and oxygen atoms in total. The number of halogens is 1. The van der Waals surface area contributed by atoms with Gasteiger partial charge in [-0.05, 0) is 53.9 Å². The predicted molar refractivity (Wildman–Crippen MR) is 109 cm³/mol. The third-order valence-corrected chi connectivity index (χ3v) is 5.79. The zero-order valence-corrected chi connectivity index (χ0v) is 16.6. The number of benzene rings is 2. The first-order valence-electron chi connectivity index (χ1n) is 7.82. The van der Waals surface area contributed by atoms with Crippen LogP contribution in [0.1, 0.15) is 20.0 Å². The SMILES string of the molecule is NS(=O)(=O)c1ccc(NC(=O)c2ccc(Cl)c(NC(=O)c3cccs3)c2)cc1. The molecule has 28 heavy (non-hydrogen) atoms. The average Bonchev–Trinajstić information content (AvgIpc) is 3.18. The van der Waals surface area contributed by atoms with E-state index < -0.39 is 15.9 Å². The number of nitrogens with one attached hydrogen (secondary N) is 2. The highest BCUT2D eigenvalue weighted by atomic mass is 35.5. The van der Waals surface area contributed by atoms with Gasteiger partial charge < -0.3 is 10.6 Å². The third-order valence-electron chi connectivity index (χ3n) is 3.66. The number of nitrogens with two attached hydrogens (primary N) is 1. The summed E-state index contributed by atoms with van der Waals surface area (Å²) in [5, 5.41) is 12.4. The van der Waals surface area contributed by atoms with Gasteiger partial charge in [-0.3, -0.25) is 9.59 Å². The van der Waals surface area contributed by atoms with Gasteiger partial charge in [-0.15, -0.1) is 11.3 Å². The first kappa shape index (κ1) is 20.0. The molecule has 0 saturated carbocycles. The summed E-state index contributed by atoms with van der Waals surface area (Å²) in [7, 11) is -3.81. The summed E-state index contributed by atoms with van der Waals surface area (Å²) in [6, 6.07) is 13.3. The minimum Gasteiger partial charge on any atom is -0.322 e. The quantitative estimate of drug-likeness (QED) is 0.567. The Morgan fingerprint density at radius 3 is 2.29 bits per heavy atom. The highest BCUT2D eigenvalue weighted by molar-refractivity contribution is 7.89. The molecule has 0 aliphatic carbocycles. The highest BCUT2D eigenvalue weighted by Gasteiger charge is 2.14. The minimum absolute atomic E-state index is 0.0597. The Balaban J connectivity index is 1.76. The number of thiophene rings is 1. The topological polar surface area (TPSA) is 118 Å². The molecule has 0 radical (unpaired) electrons. The molecule has 0 aliphatic rings. The molecular weight excluding hydrogens is 422 g/mol. The molecule has 0 unspecified atom stereocenters. The maximum Gasteiger partial charge on any atom is 0.265 e. The van der Waals surface area contributed by atoms with Crippen molar-refractivity contribution in [3.63, 3.8) is 0 Å². The van der Waals surface area contributed by atoms with Crippen molar-refractivity contribution < 1.29 is 18.0 Å². The van der Waals surface area contributed by atoms with Crippen LogP contribution in [0.15, 0.2) is 64.9 Å². The van der Waals surface area contributed by atoms with Crippen LogP contribution in [0.4, 0.5) is 11.4 Å². The molecular formula is C18H14ClN3O4S2. The van der Waals surface area contributed by atoms with Gasteiger partial charge >= 0.3 is 0 Å². The molecule has 4 N–H and O–H groups in total. The smallest absolute Gasteiger partial charge is 0.265 e. The zero-order valence-electron chi connectivity index (χ0n) is 14.2. The third kappa shape index (κ3) is 4.76. The van der Waals surface area contributed by atoms with E-state index in [1.807, 2.05) is 0 Å². The summed E-state index contributed by atoms with van der Waals surface area (Å²) in [5.41, 5.74) is 0.954. The normalized spacial score (nSPS) is 11.1. The van der Waals surface area contributed by atoms with Crippen LogP contribution < -0.4 is 15.8 Å². The summed E-state index contributed by atoms with van der Waals surface area (Å²) in [6.45, 7) is 0. The second kappa shape index (κ2) is 8.11. The molecule has 2 aromatic carbocycles. The Morgan fingerprint density at radius 1 is 0.964 bits per heavy atom. The molecule has 0 atom stereocenters. The number of hydrogen-bond acceptors (Lipinski definition) is 5. The van der Waals surface area contributed by atoms with Gasteiger partial charge in [0, 0.05) is 11.3 Å². The number of carbonyl (C=O) groups excluding carboxylic acids is 2. The number of rotatable bonds is 5. The van der Waals surface area contributed by atoms with Gasteiger partial charge in [-0.25, -0.2) is 13.6 Å². The molecule has 2 amide bonds. The van der Waals surface area contributed by atoms with Crippen LogP contribution in [-0.4, -0.2) is 20.2 Å². The van der Waals surface area contributed by atoms with Crippen molar-refractivity contribution in [1.82, 2.24) is 0 Å². The van der Waals surface area contributed by atoms with Crippen molar-refractivity contribution in [3.05, 3.63) is 75.4 Å². The fourth-order valence-corrected chi connectivity index (χ4v) is 3.58. The van der Waals surface area contributed by atoms with Gasteiger partial charge in [0.05, 0.1) is 20.5 Å². The van der Waals surface area contributed by atoms with Gasteiger partial charge in [0.15, 0.2) is 0 Å². The number of hydrogen-bond donors (Lipinski definition) is 3. The van der Waals surface area contributed by atoms with E-state index in [2.05, 4.69) is 10.6 Å². The van der Waals surface area contributed by atoms with Crippen molar-refractivity contribution in [1.29, 1.82) is 0 Å². The molecule has 0 bridgehead atoms. The summed E-state index contributed by atoms with van der Waals surface area (Å²) >= 11 is 7.40. The van der Waals surface area contributed by atoms with E-state index in [0.717, 1.165) is 0 Å². The van der Waals surface area contributed by atoms with Crippen molar-refractivity contribution in [2.75, 3.05) is 10.6 Å². The van der Waals surface area contributed by atoms with Gasteiger partial charge in [0.2, 0.25) is 10.0 Å². The predicted octanol–water partition coefficient (Wildman–Crippen LogP) is 3.55. The second-order valence-corrected chi connectivity index (χ2v) is 8.57. The Labute approximate surface area is 170 Å². The first-order valence-corrected chi connectivity index (χ1v) is 10.6. The Kier molecular flexibility index (Phi) is 5.80. The fourth-order valence-electron chi connectivity index (χ4n) is 2.29. The second-order valence-electron chi connectivity index (χ2n) is 5.65. The largest absolute Gasteiger partial charge is 0.322 e. The fraction of sp³-hybridized carbons (Fsp3) is 0. The molecule has 0 saturated heterocycles. The lowest BCUT2D eigenvalue weighted by Gasteiger charge is -2.10. The Hall–Kier alpha value is -2.72. The minimum atomic E-state index is -3.81. The molecule has 3 aromatic rings. The molecule has 0 fully saturated rings. The van der Waals surface area contributed by atoms with E-state index in [0.29, 0.717) is 21.3 Å². The monoisotopic (exact) mass is 435 g/mol. The Bertz CT molecular complexity index is 1130. The van der Waals surface area contributed by atoms with Crippen molar-refractivity contribution in [2.45, 2.75) is 4.90 Å². The van der Waals surface area contributed by atoms with Crippen LogP contribution in [0.5, 0.6) is 0 Å². The Morgan fingerprint density at radius 2 is 1.68 bits per heavy atom. The highest BCUT2D eigenvalue weighted by Crippen LogP contribution is 2.25. The van der Waals surface area contributed by atoms with Crippen LogP contribution in [0.3, 0.4) is 0 Å². The molecule has 3 rings (SSSR count). The zero-order chi connectivity index (χ0) is 20.3. The molecule has 1 heterocycles. The standard InChI is InChI=1S/C18H14ClN3O4S2/c19-14-8-3-11(10-15(14)22-18(24)16-2-1-9-27-16)17(23)21-12-4-6-13(7-5-12)28(20,25)26/h1-10H,(H,21,23)(H,22,24)(H2,20,25,26). The number of amides is 2. The first-order chi connectivity index (χ1) is 13.2. The number of anilines is 2. The van der Waals surface area contributed by atoms with Crippen molar-refractivity contribution in [2.24, 2.45) is 5.14 Å². The van der Waals surface area contributed by atoms with E-state index in [1.165, 1.54) is 53.8 Å². The molecule has 0 aliphatic heterocycles. The van der Waals surface area contributed by atoms with E-state index >= 15 is 0 Å². The molecule has 0 spiro atoms. The molecule has 1 aromatic heterocycles. The maximum absolute atomic E-state index is 12.5. The van der Waals surface area contributed by atoms with E-state index in [1.54, 1.807) is 17.5 Å². The summed E-state index contributed by atoms with van der Waals surface area (Å²) in [5.74, 6) is -0.778. The van der Waals surface area contributed by atoms with Gasteiger partial charge in [0.25, 0.3) is 11.8 Å². The van der Waals surface area contributed by atoms with Crippen molar-refractivity contribution >= 4 is 56.2 Å². The van der Waals surface area contributed by atoms with Crippen LogP contribution in [0.25, 0.3) is 0 Å². The van der Waals surface area contributed by atoms with Crippen LogP contribution in [0.2, 0.25) is 5.02 Å². The number of carbonyl (C=O) groups is 2. The molecule has 144 valence electrons. The maximum atomic E-state index is 12.5. The lowest BCUT2D eigenvalue weighted by Crippen LogP contribution is -2.15. The van der Waals surface area contributed by atoms with Crippen LogP contribution in [-0.2, 0) is 10.0 Å². The summed E-state index contributed by atoms with van der Waals surface area (Å²) in [4.78, 5) is 25.1. The van der Waals surface area contributed by atoms with Crippen LogP contribution in [0, 0.1) is 0 Å². The number of sulfonamides is 1. The lowest BCUT2D eigenvalue weighted by atomic mass is 10.1. The van der Waals surface area contributed by atoms with Gasteiger partial charge in [0.1, 0.15) is 0 Å². The summed E-state index contributed by atoms with van der Waals surface area (Å²) < 4.78 is 22.5. The van der Waals surface area contributed by atoms with E-state index in [-0.39, 0.29) is 16.4 Å². The summed E-state index contributed by atoms with van der Waals surface area (Å²) in [6.07, 6.45) is 0. The van der Waals surface area contributed by atoms with Crippen LogP contribution >= 0.6 is 22.9 Å². The average molecular weight is 436 g/mol. The van der Waals surface area contributed by atoms with Gasteiger partial charge in [-0.2, -0.15) is 0 Å². The van der Waals surface area contributed by atoms with Crippen molar-refractivity contribution in [3.8, 4) is 0 Å². The van der Waals surface area contributed by atoms with E-state index in [4.69, 9.17) is 16.7 Å². The number of primary sulfonamides is 1. The van der Waals surface area contributed by atoms with Gasteiger partial charge in [-0.1, -0.05) is 17.7 Å². The molecule has 10 heteroatoms. The van der Waals surface area contributed by atoms with E-state index in [9.17, 15) is 18.0 Å². The lowest BCUT2D eigenvalue weighted by molar-refractivity contribution is 0.101.